The van der Waals surface area contributed by atoms with E-state index in [1.54, 1.807) is 6.92 Å². The van der Waals surface area contributed by atoms with E-state index in [9.17, 15) is 9.59 Å². The van der Waals surface area contributed by atoms with Crippen LogP contribution in [0.3, 0.4) is 0 Å². The molecule has 0 aliphatic rings. The Hall–Kier alpha value is -1.88. The van der Waals surface area contributed by atoms with E-state index < -0.39 is 6.04 Å². The summed E-state index contributed by atoms with van der Waals surface area (Å²) in [6, 6.07) is 8.47. The molecule has 1 N–H and O–H groups in total. The fourth-order valence-corrected chi connectivity index (χ4v) is 1.88. The average Bonchev–Trinajstić information content (AvgIpc) is 2.45. The van der Waals surface area contributed by atoms with Crippen LogP contribution in [-0.4, -0.2) is 31.7 Å². The first kappa shape index (κ1) is 16.2. The Labute approximate surface area is 119 Å². The van der Waals surface area contributed by atoms with Gasteiger partial charge in [-0.2, -0.15) is 0 Å². The monoisotopic (exact) mass is 279 g/mol. The smallest absolute Gasteiger partial charge is 0.327 e. The lowest BCUT2D eigenvalue weighted by Gasteiger charge is -2.21. The van der Waals surface area contributed by atoms with Crippen molar-refractivity contribution in [1.29, 1.82) is 0 Å². The second-order valence-electron chi connectivity index (χ2n) is 4.44. The number of hydrogen-bond acceptors (Lipinski definition) is 5. The standard InChI is InChI=1S/C15H21NO4/c1-4-20-13(17)10-11(2)16-14(15(18)19-3)12-8-6-5-7-9-12/h5-9,11,14,16H,4,10H2,1-3H3. The molecule has 110 valence electrons. The number of nitrogens with one attached hydrogen (secondary N) is 1. The van der Waals surface area contributed by atoms with Gasteiger partial charge in [-0.05, 0) is 19.4 Å². The summed E-state index contributed by atoms with van der Waals surface area (Å²) in [6.07, 6.45) is 0.203. The second-order valence-corrected chi connectivity index (χ2v) is 4.44. The number of hydrogen-bond donors (Lipinski definition) is 1. The van der Waals surface area contributed by atoms with E-state index >= 15 is 0 Å². The summed E-state index contributed by atoms with van der Waals surface area (Å²) in [5.74, 6) is -0.670. The lowest BCUT2D eigenvalue weighted by molar-refractivity contribution is -0.146. The fraction of sp³-hybridized carbons (Fsp3) is 0.467. The highest BCUT2D eigenvalue weighted by atomic mass is 16.5. The normalized spacial score (nSPS) is 13.3. The largest absolute Gasteiger partial charge is 0.468 e. The predicted octanol–water partition coefficient (Wildman–Crippen LogP) is 1.83. The third-order valence-corrected chi connectivity index (χ3v) is 2.80. The molecular weight excluding hydrogens is 258 g/mol. The van der Waals surface area contributed by atoms with Crippen LogP contribution in [0.5, 0.6) is 0 Å². The zero-order valence-electron chi connectivity index (χ0n) is 12.1. The first-order valence-electron chi connectivity index (χ1n) is 6.63. The SMILES string of the molecule is CCOC(=O)CC(C)NC(C(=O)OC)c1ccccc1. The quantitative estimate of drug-likeness (QED) is 0.771. The van der Waals surface area contributed by atoms with Gasteiger partial charge in [0.1, 0.15) is 6.04 Å². The van der Waals surface area contributed by atoms with Crippen LogP contribution < -0.4 is 5.32 Å². The Morgan fingerprint density at radius 3 is 2.45 bits per heavy atom. The van der Waals surface area contributed by atoms with Gasteiger partial charge in [-0.25, -0.2) is 4.79 Å². The number of esters is 2. The Bertz CT molecular complexity index is 433. The van der Waals surface area contributed by atoms with Crippen LogP contribution in [0.25, 0.3) is 0 Å². The summed E-state index contributed by atoms with van der Waals surface area (Å²) in [5, 5.41) is 3.10. The van der Waals surface area contributed by atoms with Gasteiger partial charge in [0.2, 0.25) is 0 Å². The van der Waals surface area contributed by atoms with Crippen molar-refractivity contribution >= 4 is 11.9 Å². The number of benzene rings is 1. The summed E-state index contributed by atoms with van der Waals surface area (Å²) >= 11 is 0. The van der Waals surface area contributed by atoms with Gasteiger partial charge in [-0.15, -0.1) is 0 Å². The second kappa shape index (κ2) is 8.32. The number of ether oxygens (including phenoxy) is 2. The van der Waals surface area contributed by atoms with Gasteiger partial charge in [0.25, 0.3) is 0 Å². The summed E-state index contributed by atoms with van der Waals surface area (Å²) < 4.78 is 9.69. The molecular formula is C15H21NO4. The molecule has 0 aromatic heterocycles. The van der Waals surface area contributed by atoms with Crippen LogP contribution in [0.4, 0.5) is 0 Å². The maximum atomic E-state index is 11.9. The van der Waals surface area contributed by atoms with Crippen molar-refractivity contribution < 1.29 is 19.1 Å². The fourth-order valence-electron chi connectivity index (χ4n) is 1.88. The van der Waals surface area contributed by atoms with Gasteiger partial charge in [0.05, 0.1) is 20.1 Å². The van der Waals surface area contributed by atoms with Crippen LogP contribution in [0, 0.1) is 0 Å². The van der Waals surface area contributed by atoms with Gasteiger partial charge in [-0.1, -0.05) is 30.3 Å². The van der Waals surface area contributed by atoms with Crippen LogP contribution in [0.1, 0.15) is 31.9 Å². The van der Waals surface area contributed by atoms with Gasteiger partial charge < -0.3 is 9.47 Å². The molecule has 2 atom stereocenters. The summed E-state index contributed by atoms with van der Waals surface area (Å²) in [4.78, 5) is 23.3. The third kappa shape index (κ3) is 5.01. The molecule has 0 aliphatic carbocycles. The zero-order valence-corrected chi connectivity index (χ0v) is 12.1. The molecule has 20 heavy (non-hydrogen) atoms. The van der Waals surface area contributed by atoms with Crippen molar-refractivity contribution in [1.82, 2.24) is 5.32 Å². The van der Waals surface area contributed by atoms with E-state index in [0.717, 1.165) is 5.56 Å². The molecule has 5 heteroatoms. The van der Waals surface area contributed by atoms with E-state index in [1.807, 2.05) is 37.3 Å². The molecule has 2 unspecified atom stereocenters. The summed E-state index contributed by atoms with van der Waals surface area (Å²) in [7, 11) is 1.34. The molecule has 5 nitrogen and oxygen atoms in total. The van der Waals surface area contributed by atoms with Crippen molar-refractivity contribution in [3.05, 3.63) is 35.9 Å². The number of carbonyl (C=O) groups is 2. The molecule has 0 spiro atoms. The summed E-state index contributed by atoms with van der Waals surface area (Å²) in [5.41, 5.74) is 0.801. The van der Waals surface area contributed by atoms with Gasteiger partial charge in [-0.3, -0.25) is 10.1 Å². The molecule has 1 aromatic rings. The highest BCUT2D eigenvalue weighted by molar-refractivity contribution is 5.77. The van der Waals surface area contributed by atoms with Gasteiger partial charge in [0.15, 0.2) is 0 Å². The van der Waals surface area contributed by atoms with Crippen molar-refractivity contribution in [2.75, 3.05) is 13.7 Å². The molecule has 0 saturated carbocycles. The third-order valence-electron chi connectivity index (χ3n) is 2.80. The Kier molecular flexibility index (Phi) is 6.73. The molecule has 0 heterocycles. The van der Waals surface area contributed by atoms with E-state index in [4.69, 9.17) is 9.47 Å². The van der Waals surface area contributed by atoms with Crippen molar-refractivity contribution in [3.63, 3.8) is 0 Å². The first-order chi connectivity index (χ1) is 9.58. The first-order valence-corrected chi connectivity index (χ1v) is 6.63. The van der Waals surface area contributed by atoms with E-state index in [-0.39, 0.29) is 24.4 Å². The van der Waals surface area contributed by atoms with Gasteiger partial charge >= 0.3 is 11.9 Å². The minimum absolute atomic E-state index is 0.196. The lowest BCUT2D eigenvalue weighted by Crippen LogP contribution is -2.37. The zero-order chi connectivity index (χ0) is 15.0. The molecule has 1 rings (SSSR count). The van der Waals surface area contributed by atoms with Crippen LogP contribution in [0.2, 0.25) is 0 Å². The highest BCUT2D eigenvalue weighted by Crippen LogP contribution is 2.15. The van der Waals surface area contributed by atoms with Crippen LogP contribution in [0.15, 0.2) is 30.3 Å². The van der Waals surface area contributed by atoms with E-state index in [2.05, 4.69) is 5.32 Å². The number of carbonyl (C=O) groups excluding carboxylic acids is 2. The van der Waals surface area contributed by atoms with Crippen LogP contribution in [-0.2, 0) is 19.1 Å². The Balaban J connectivity index is 2.71. The minimum atomic E-state index is -0.592. The van der Waals surface area contributed by atoms with E-state index in [1.165, 1.54) is 7.11 Å². The van der Waals surface area contributed by atoms with Gasteiger partial charge in [0, 0.05) is 6.04 Å². The Morgan fingerprint density at radius 1 is 1.25 bits per heavy atom. The van der Waals surface area contributed by atoms with E-state index in [0.29, 0.717) is 6.61 Å². The minimum Gasteiger partial charge on any atom is -0.468 e. The van der Waals surface area contributed by atoms with Crippen molar-refractivity contribution in [2.45, 2.75) is 32.4 Å². The molecule has 1 aromatic carbocycles. The summed E-state index contributed by atoms with van der Waals surface area (Å²) in [6.45, 7) is 3.94. The van der Waals surface area contributed by atoms with Crippen molar-refractivity contribution in [2.24, 2.45) is 0 Å². The molecule has 0 saturated heterocycles. The Morgan fingerprint density at radius 2 is 1.90 bits per heavy atom. The van der Waals surface area contributed by atoms with Crippen molar-refractivity contribution in [3.8, 4) is 0 Å². The molecule has 0 aliphatic heterocycles. The maximum Gasteiger partial charge on any atom is 0.327 e. The number of methoxy groups -OCH3 is 1. The average molecular weight is 279 g/mol. The highest BCUT2D eigenvalue weighted by Gasteiger charge is 2.23. The predicted molar refractivity (Wildman–Crippen MR) is 75.0 cm³/mol. The molecule has 0 amide bonds. The maximum absolute atomic E-state index is 11.9. The lowest BCUT2D eigenvalue weighted by atomic mass is 10.1. The van der Waals surface area contributed by atoms with Crippen LogP contribution >= 0.6 is 0 Å². The molecule has 0 fully saturated rings. The topological polar surface area (TPSA) is 64.6 Å². The molecule has 0 bridgehead atoms. The molecule has 0 radical (unpaired) electrons. The number of rotatable bonds is 7.